The fourth-order valence-corrected chi connectivity index (χ4v) is 3.83. The number of aromatic amines is 1. The number of ether oxygens (including phenoxy) is 1. The highest BCUT2D eigenvalue weighted by molar-refractivity contribution is 7.80. The number of imidazole rings is 1. The number of thiol groups is 1. The molecule has 7 heteroatoms. The molecule has 3 N–H and O–H groups in total. The maximum atomic E-state index is 13.0. The lowest BCUT2D eigenvalue weighted by Crippen LogP contribution is -2.13. The molecule has 0 aliphatic rings. The molecule has 4 rings (SSSR count). The molecule has 0 bridgehead atoms. The van der Waals surface area contributed by atoms with Gasteiger partial charge >= 0.3 is 0 Å². The van der Waals surface area contributed by atoms with Gasteiger partial charge in [0, 0.05) is 16.5 Å². The first-order chi connectivity index (χ1) is 15.1. The van der Waals surface area contributed by atoms with Crippen LogP contribution in [0.25, 0.3) is 21.8 Å². The molecule has 0 unspecified atom stereocenters. The first-order valence-corrected chi connectivity index (χ1v) is 10.9. The third-order valence-electron chi connectivity index (χ3n) is 5.21. The number of benzene rings is 3. The van der Waals surface area contributed by atoms with E-state index in [0.717, 1.165) is 35.7 Å². The molecular formula is C24H25N3O3S. The number of hydrogen-bond acceptors (Lipinski definition) is 5. The van der Waals surface area contributed by atoms with E-state index >= 15 is 0 Å². The minimum atomic E-state index is -0.413. The van der Waals surface area contributed by atoms with E-state index < -0.39 is 5.91 Å². The Labute approximate surface area is 186 Å². The zero-order valence-corrected chi connectivity index (χ0v) is 18.2. The Morgan fingerprint density at radius 1 is 1.13 bits per heavy atom. The van der Waals surface area contributed by atoms with Gasteiger partial charge in [0.25, 0.3) is 5.91 Å². The van der Waals surface area contributed by atoms with Gasteiger partial charge in [-0.15, -0.1) is 12.6 Å². The number of hydrogen-bond donors (Lipinski definition) is 4. The van der Waals surface area contributed by atoms with E-state index in [0.29, 0.717) is 28.6 Å². The summed E-state index contributed by atoms with van der Waals surface area (Å²) in [6.45, 7) is 2.74. The van der Waals surface area contributed by atoms with Crippen molar-refractivity contribution in [2.75, 3.05) is 11.9 Å². The summed E-state index contributed by atoms with van der Waals surface area (Å²) in [4.78, 5) is 20.3. The molecule has 3 aromatic carbocycles. The normalized spacial score (nSPS) is 11.2. The fourth-order valence-electron chi connectivity index (χ4n) is 3.60. The van der Waals surface area contributed by atoms with Gasteiger partial charge in [0.15, 0.2) is 5.16 Å². The number of amides is 1. The number of rotatable bonds is 8. The van der Waals surface area contributed by atoms with E-state index in [2.05, 4.69) is 34.8 Å². The second-order valence-electron chi connectivity index (χ2n) is 7.47. The summed E-state index contributed by atoms with van der Waals surface area (Å²) in [5.41, 5.74) is 2.28. The average Bonchev–Trinajstić information content (AvgIpc) is 3.14. The van der Waals surface area contributed by atoms with Crippen molar-refractivity contribution in [2.45, 2.75) is 37.8 Å². The number of phenolic OH excluding ortho intramolecular Hbond substituents is 1. The Bertz CT molecular complexity index is 1240. The number of anilines is 1. The van der Waals surface area contributed by atoms with Crippen LogP contribution in [0.2, 0.25) is 0 Å². The molecule has 0 aliphatic heterocycles. The number of aromatic nitrogens is 2. The summed E-state index contributed by atoms with van der Waals surface area (Å²) >= 11 is 4.21. The number of nitrogens with zero attached hydrogens (tertiary/aromatic N) is 1. The van der Waals surface area contributed by atoms with Gasteiger partial charge in [-0.05, 0) is 30.7 Å². The fraction of sp³-hybridized carbons (Fsp3) is 0.250. The lowest BCUT2D eigenvalue weighted by atomic mass is 10.0. The van der Waals surface area contributed by atoms with Gasteiger partial charge in [-0.1, -0.05) is 50.5 Å². The summed E-state index contributed by atoms with van der Waals surface area (Å²) in [5.74, 6) is 0.120. The van der Waals surface area contributed by atoms with Gasteiger partial charge in [0.2, 0.25) is 0 Å². The number of aromatic hydroxyl groups is 1. The van der Waals surface area contributed by atoms with Crippen LogP contribution in [0.3, 0.4) is 0 Å². The van der Waals surface area contributed by atoms with Gasteiger partial charge in [-0.25, -0.2) is 4.98 Å². The molecule has 0 saturated heterocycles. The van der Waals surface area contributed by atoms with E-state index in [-0.39, 0.29) is 11.3 Å². The summed E-state index contributed by atoms with van der Waals surface area (Å²) in [6.07, 6.45) is 4.38. The van der Waals surface area contributed by atoms with Gasteiger partial charge in [-0.2, -0.15) is 0 Å². The molecule has 0 spiro atoms. The van der Waals surface area contributed by atoms with Crippen LogP contribution in [0.1, 0.15) is 43.0 Å². The number of nitrogens with one attached hydrogen (secondary N) is 2. The van der Waals surface area contributed by atoms with Gasteiger partial charge in [0.05, 0.1) is 23.2 Å². The molecule has 160 valence electrons. The molecule has 0 atom stereocenters. The van der Waals surface area contributed by atoms with Crippen molar-refractivity contribution in [1.82, 2.24) is 9.97 Å². The van der Waals surface area contributed by atoms with E-state index in [4.69, 9.17) is 4.74 Å². The maximum absolute atomic E-state index is 13.0. The van der Waals surface area contributed by atoms with Crippen LogP contribution in [0, 0.1) is 0 Å². The minimum Gasteiger partial charge on any atom is -0.506 e. The summed E-state index contributed by atoms with van der Waals surface area (Å²) in [6, 6.07) is 14.4. The Morgan fingerprint density at radius 3 is 2.74 bits per heavy atom. The molecule has 31 heavy (non-hydrogen) atoms. The summed E-state index contributed by atoms with van der Waals surface area (Å²) < 4.78 is 6.01. The van der Waals surface area contributed by atoms with Crippen molar-refractivity contribution in [1.29, 1.82) is 0 Å². The number of carbonyl (C=O) groups is 1. The van der Waals surface area contributed by atoms with Crippen LogP contribution in [0.4, 0.5) is 5.69 Å². The van der Waals surface area contributed by atoms with Crippen LogP contribution in [0.15, 0.2) is 53.7 Å². The SMILES string of the molecule is CCCCCCOc1cc(C(=O)Nc2ccc3nc(S)[nH]c3c2)c(O)c2ccccc12. The third kappa shape index (κ3) is 4.61. The van der Waals surface area contributed by atoms with Crippen LogP contribution in [-0.2, 0) is 0 Å². The van der Waals surface area contributed by atoms with E-state index in [9.17, 15) is 9.90 Å². The molecule has 4 aromatic rings. The van der Waals surface area contributed by atoms with Crippen molar-refractivity contribution in [2.24, 2.45) is 0 Å². The smallest absolute Gasteiger partial charge is 0.259 e. The predicted octanol–water partition coefficient (Wildman–Crippen LogP) is 5.92. The molecular weight excluding hydrogens is 410 g/mol. The lowest BCUT2D eigenvalue weighted by Gasteiger charge is -2.14. The second kappa shape index (κ2) is 9.31. The van der Waals surface area contributed by atoms with Crippen LogP contribution in [0.5, 0.6) is 11.5 Å². The minimum absolute atomic E-state index is 0.0632. The highest BCUT2D eigenvalue weighted by atomic mass is 32.1. The summed E-state index contributed by atoms with van der Waals surface area (Å²) in [7, 11) is 0. The molecule has 0 saturated carbocycles. The van der Waals surface area contributed by atoms with Gasteiger partial charge in [-0.3, -0.25) is 4.79 Å². The predicted molar refractivity (Wildman–Crippen MR) is 127 cm³/mol. The molecule has 1 amide bonds. The number of phenols is 1. The number of carbonyl (C=O) groups excluding carboxylic acids is 1. The van der Waals surface area contributed by atoms with Crippen LogP contribution >= 0.6 is 12.6 Å². The maximum Gasteiger partial charge on any atom is 0.259 e. The molecule has 6 nitrogen and oxygen atoms in total. The van der Waals surface area contributed by atoms with Crippen LogP contribution < -0.4 is 10.1 Å². The Morgan fingerprint density at radius 2 is 1.94 bits per heavy atom. The number of unbranched alkanes of at least 4 members (excludes halogenated alkanes) is 3. The van der Waals surface area contributed by atoms with Gasteiger partial charge in [0.1, 0.15) is 11.5 Å². The Balaban J connectivity index is 1.61. The molecule has 0 radical (unpaired) electrons. The van der Waals surface area contributed by atoms with E-state index in [1.807, 2.05) is 18.2 Å². The lowest BCUT2D eigenvalue weighted by molar-refractivity contribution is 0.102. The number of fused-ring (bicyclic) bond motifs is 2. The molecule has 0 fully saturated rings. The summed E-state index contributed by atoms with van der Waals surface area (Å²) in [5, 5.41) is 15.5. The monoisotopic (exact) mass is 435 g/mol. The van der Waals surface area contributed by atoms with Gasteiger partial charge < -0.3 is 20.1 Å². The zero-order valence-electron chi connectivity index (χ0n) is 17.3. The van der Waals surface area contributed by atoms with Crippen molar-refractivity contribution < 1.29 is 14.6 Å². The standard InChI is InChI=1S/C24H25N3O3S/c1-2-3-4-7-12-30-21-14-18(22(28)17-9-6-5-8-16(17)21)23(29)25-15-10-11-19-20(13-15)27-24(31)26-19/h5-6,8-11,13-14,28H,2-4,7,12H2,1H3,(H,25,29)(H2,26,27,31). The van der Waals surface area contributed by atoms with E-state index in [1.54, 1.807) is 30.3 Å². The number of H-pyrrole nitrogens is 1. The zero-order chi connectivity index (χ0) is 21.8. The quantitative estimate of drug-likeness (QED) is 0.204. The first kappa shape index (κ1) is 21.1. The van der Waals surface area contributed by atoms with Crippen LogP contribution in [-0.4, -0.2) is 27.6 Å². The average molecular weight is 436 g/mol. The van der Waals surface area contributed by atoms with Crippen molar-refractivity contribution >= 4 is 46.0 Å². The Kier molecular flexibility index (Phi) is 6.32. The van der Waals surface area contributed by atoms with E-state index in [1.165, 1.54) is 6.42 Å². The largest absolute Gasteiger partial charge is 0.506 e. The van der Waals surface area contributed by atoms with Crippen molar-refractivity contribution in [3.63, 3.8) is 0 Å². The first-order valence-electron chi connectivity index (χ1n) is 10.4. The molecule has 0 aliphatic carbocycles. The van der Waals surface area contributed by atoms with Crippen molar-refractivity contribution in [3.05, 3.63) is 54.1 Å². The molecule has 1 aromatic heterocycles. The topological polar surface area (TPSA) is 87.2 Å². The Hall–Kier alpha value is -3.19. The van der Waals surface area contributed by atoms with Crippen molar-refractivity contribution in [3.8, 4) is 11.5 Å². The highest BCUT2D eigenvalue weighted by Gasteiger charge is 2.18. The third-order valence-corrected chi connectivity index (χ3v) is 5.42. The molecule has 1 heterocycles. The second-order valence-corrected chi connectivity index (χ2v) is 7.90. The highest BCUT2D eigenvalue weighted by Crippen LogP contribution is 2.36.